The summed E-state index contributed by atoms with van der Waals surface area (Å²) in [5.74, 6) is 0.959. The van der Waals surface area contributed by atoms with Gasteiger partial charge in [0.05, 0.1) is 23.8 Å². The number of thioether (sulfide) groups is 1. The molecular weight excluding hydrogens is 326 g/mol. The van der Waals surface area contributed by atoms with Crippen LogP contribution in [0.1, 0.15) is 11.5 Å². The second-order valence-electron chi connectivity index (χ2n) is 6.18. The number of aromatic nitrogens is 2. The van der Waals surface area contributed by atoms with Crippen molar-refractivity contribution in [3.05, 3.63) is 77.2 Å². The van der Waals surface area contributed by atoms with Gasteiger partial charge in [0.2, 0.25) is 0 Å². The van der Waals surface area contributed by atoms with Crippen molar-refractivity contribution in [2.75, 3.05) is 11.9 Å². The maximum Gasteiger partial charge on any atom is 0.326 e. The number of benzene rings is 2. The fourth-order valence-corrected chi connectivity index (χ4v) is 4.03. The van der Waals surface area contributed by atoms with E-state index < -0.39 is 0 Å². The van der Waals surface area contributed by atoms with E-state index in [4.69, 9.17) is 4.98 Å². The van der Waals surface area contributed by atoms with Gasteiger partial charge in [-0.15, -0.1) is 0 Å². The molecule has 124 valence electrons. The molecule has 0 saturated carbocycles. The predicted octanol–water partition coefficient (Wildman–Crippen LogP) is 4.42. The third-order valence-electron chi connectivity index (χ3n) is 4.55. The van der Waals surface area contributed by atoms with Crippen molar-refractivity contribution < 1.29 is 4.57 Å². The first-order valence-corrected chi connectivity index (χ1v) is 9.10. The maximum atomic E-state index is 4.91. The van der Waals surface area contributed by atoms with E-state index in [0.717, 1.165) is 17.1 Å². The third kappa shape index (κ3) is 2.94. The zero-order valence-corrected chi connectivity index (χ0v) is 15.4. The largest absolute Gasteiger partial charge is 0.338 e. The minimum Gasteiger partial charge on any atom is -0.338 e. The number of fused-ring (bicyclic) bond motifs is 1. The van der Waals surface area contributed by atoms with Gasteiger partial charge in [0.25, 0.3) is 0 Å². The van der Waals surface area contributed by atoms with Crippen LogP contribution in [0, 0.1) is 6.92 Å². The van der Waals surface area contributed by atoms with Gasteiger partial charge in [-0.2, -0.15) is 0 Å². The Morgan fingerprint density at radius 3 is 2.52 bits per heavy atom. The quantitative estimate of drug-likeness (QED) is 0.641. The lowest BCUT2D eigenvalue weighted by molar-refractivity contribution is -0.682. The Kier molecular flexibility index (Phi) is 4.06. The number of rotatable bonds is 2. The van der Waals surface area contributed by atoms with E-state index in [2.05, 4.69) is 91.2 Å². The molecule has 4 rings (SSSR count). The van der Waals surface area contributed by atoms with E-state index in [1.54, 1.807) is 11.8 Å². The van der Waals surface area contributed by atoms with Crippen LogP contribution in [0.4, 0.5) is 5.69 Å². The van der Waals surface area contributed by atoms with Crippen molar-refractivity contribution in [3.63, 3.8) is 0 Å². The molecule has 2 heterocycles. The Balaban J connectivity index is 1.78. The lowest BCUT2D eigenvalue weighted by atomic mass is 10.1. The average molecular weight is 346 g/mol. The predicted molar refractivity (Wildman–Crippen MR) is 104 cm³/mol. The highest BCUT2D eigenvalue weighted by molar-refractivity contribution is 8.03. The first-order chi connectivity index (χ1) is 12.1. The molecule has 0 N–H and O–H groups in total. The number of aryl methyl sites for hydroxylation is 1. The van der Waals surface area contributed by atoms with Gasteiger partial charge in [-0.1, -0.05) is 54.2 Å². The Bertz CT molecular complexity index is 964. The molecule has 0 unspecified atom stereocenters. The van der Waals surface area contributed by atoms with Crippen LogP contribution in [0.2, 0.25) is 0 Å². The molecule has 3 nitrogen and oxygen atoms in total. The molecule has 0 radical (unpaired) electrons. The summed E-state index contributed by atoms with van der Waals surface area (Å²) in [7, 11) is 4.18. The summed E-state index contributed by atoms with van der Waals surface area (Å²) in [6.07, 6.45) is 2.17. The van der Waals surface area contributed by atoms with Crippen LogP contribution in [-0.4, -0.2) is 12.0 Å². The average Bonchev–Trinajstić information content (AvgIpc) is 2.95. The van der Waals surface area contributed by atoms with E-state index in [1.807, 2.05) is 6.07 Å². The SMILES string of the molecule is Cc1cc(-c2ccccc2)nc(C=C2Sc3ccccc3N2C)[n+]1C. The van der Waals surface area contributed by atoms with E-state index in [1.165, 1.54) is 21.3 Å². The highest BCUT2D eigenvalue weighted by Gasteiger charge is 2.24. The Morgan fingerprint density at radius 2 is 1.76 bits per heavy atom. The van der Waals surface area contributed by atoms with E-state index in [-0.39, 0.29) is 0 Å². The Labute approximate surface area is 152 Å². The van der Waals surface area contributed by atoms with Gasteiger partial charge in [-0.05, 0) is 24.0 Å². The molecule has 25 heavy (non-hydrogen) atoms. The van der Waals surface area contributed by atoms with Crippen molar-refractivity contribution in [1.29, 1.82) is 0 Å². The fourth-order valence-electron chi connectivity index (χ4n) is 2.95. The lowest BCUT2D eigenvalue weighted by Gasteiger charge is -2.12. The summed E-state index contributed by atoms with van der Waals surface area (Å²) in [6, 6.07) is 21.0. The molecule has 1 aliphatic rings. The molecule has 0 fully saturated rings. The smallest absolute Gasteiger partial charge is 0.326 e. The first kappa shape index (κ1) is 15.9. The van der Waals surface area contributed by atoms with Crippen LogP contribution in [0.25, 0.3) is 17.3 Å². The number of para-hydroxylation sites is 1. The van der Waals surface area contributed by atoms with Gasteiger partial charge in [0, 0.05) is 23.6 Å². The molecule has 0 aliphatic carbocycles. The van der Waals surface area contributed by atoms with Crippen molar-refractivity contribution in [3.8, 4) is 11.3 Å². The van der Waals surface area contributed by atoms with Crippen LogP contribution in [-0.2, 0) is 7.05 Å². The van der Waals surface area contributed by atoms with Gasteiger partial charge in [0.15, 0.2) is 5.69 Å². The number of hydrogen-bond donors (Lipinski definition) is 0. The van der Waals surface area contributed by atoms with Gasteiger partial charge in [-0.3, -0.25) is 0 Å². The van der Waals surface area contributed by atoms with Crippen LogP contribution >= 0.6 is 11.8 Å². The second kappa shape index (κ2) is 6.37. The molecule has 4 heteroatoms. The molecule has 1 aromatic heterocycles. The summed E-state index contributed by atoms with van der Waals surface area (Å²) in [4.78, 5) is 8.43. The standard InChI is InChI=1S/C21H20N3S/c1-15-13-17(16-9-5-4-6-10-16)22-20(23(15)2)14-21-24(3)18-11-7-8-12-19(18)25-21/h4-14H,1-3H3/q+1. The first-order valence-electron chi connectivity index (χ1n) is 8.29. The maximum absolute atomic E-state index is 4.91. The van der Waals surface area contributed by atoms with E-state index >= 15 is 0 Å². The second-order valence-corrected chi connectivity index (χ2v) is 7.24. The van der Waals surface area contributed by atoms with Crippen molar-refractivity contribution in [2.45, 2.75) is 11.8 Å². The Hall–Kier alpha value is -2.59. The van der Waals surface area contributed by atoms with Gasteiger partial charge in [-0.25, -0.2) is 4.57 Å². The van der Waals surface area contributed by atoms with Crippen LogP contribution < -0.4 is 9.47 Å². The normalized spacial score (nSPS) is 14.8. The van der Waals surface area contributed by atoms with Crippen molar-refractivity contribution in [2.24, 2.45) is 7.05 Å². The highest BCUT2D eigenvalue weighted by Crippen LogP contribution is 2.45. The monoisotopic (exact) mass is 346 g/mol. The summed E-state index contributed by atoms with van der Waals surface area (Å²) in [5.41, 5.74) is 4.58. The molecular formula is C21H20N3S+. The topological polar surface area (TPSA) is 20.0 Å². The van der Waals surface area contributed by atoms with Gasteiger partial charge >= 0.3 is 5.82 Å². The van der Waals surface area contributed by atoms with Crippen molar-refractivity contribution in [1.82, 2.24) is 4.98 Å². The minimum atomic E-state index is 0.959. The van der Waals surface area contributed by atoms with Crippen molar-refractivity contribution >= 4 is 23.5 Å². The molecule has 3 aromatic rings. The Morgan fingerprint density at radius 1 is 1.04 bits per heavy atom. The molecule has 2 aromatic carbocycles. The highest BCUT2D eigenvalue weighted by atomic mass is 32.2. The minimum absolute atomic E-state index is 0.959. The van der Waals surface area contributed by atoms with Gasteiger partial charge in [0.1, 0.15) is 5.69 Å². The molecule has 0 saturated heterocycles. The lowest BCUT2D eigenvalue weighted by Crippen LogP contribution is -2.37. The van der Waals surface area contributed by atoms with Crippen LogP contribution in [0.3, 0.4) is 0 Å². The zero-order valence-electron chi connectivity index (χ0n) is 14.6. The van der Waals surface area contributed by atoms with Crippen LogP contribution in [0.5, 0.6) is 0 Å². The summed E-state index contributed by atoms with van der Waals surface area (Å²) in [5, 5.41) is 1.19. The molecule has 0 bridgehead atoms. The van der Waals surface area contributed by atoms with E-state index in [9.17, 15) is 0 Å². The van der Waals surface area contributed by atoms with Gasteiger partial charge < -0.3 is 4.90 Å². The molecule has 0 spiro atoms. The number of nitrogens with zero attached hydrogens (tertiary/aromatic N) is 3. The molecule has 1 aliphatic heterocycles. The zero-order chi connectivity index (χ0) is 17.4. The number of hydrogen-bond acceptors (Lipinski definition) is 3. The van der Waals surface area contributed by atoms with Crippen LogP contribution in [0.15, 0.2) is 70.6 Å². The van der Waals surface area contributed by atoms with E-state index in [0.29, 0.717) is 0 Å². The molecule has 0 atom stereocenters. The summed E-state index contributed by atoms with van der Waals surface area (Å²) >= 11 is 1.79. The number of anilines is 1. The summed E-state index contributed by atoms with van der Waals surface area (Å²) in [6.45, 7) is 2.12. The summed E-state index contributed by atoms with van der Waals surface area (Å²) < 4.78 is 2.14. The third-order valence-corrected chi connectivity index (χ3v) is 5.71. The fraction of sp³-hybridized carbons (Fsp3) is 0.143. The molecule has 0 amide bonds.